The normalized spacial score (nSPS) is 10.7. The third-order valence-electron chi connectivity index (χ3n) is 3.02. The molecule has 0 aromatic carbocycles. The highest BCUT2D eigenvalue weighted by Gasteiger charge is 2.15. The molecular weight excluding hydrogens is 254 g/mol. The number of aliphatic hydroxyl groups is 1. The molecule has 2 N–H and O–H groups in total. The van der Waals surface area contributed by atoms with Crippen LogP contribution in [-0.2, 0) is 0 Å². The smallest absolute Gasteiger partial charge is 0.253 e. The van der Waals surface area contributed by atoms with Crippen molar-refractivity contribution in [2.24, 2.45) is 0 Å². The summed E-state index contributed by atoms with van der Waals surface area (Å²) in [6.07, 6.45) is 1.00. The van der Waals surface area contributed by atoms with Crippen LogP contribution in [0.2, 0.25) is 0 Å². The molecule has 0 spiro atoms. The van der Waals surface area contributed by atoms with Gasteiger partial charge in [-0.05, 0) is 24.5 Å². The van der Waals surface area contributed by atoms with Gasteiger partial charge in [-0.25, -0.2) is 4.98 Å². The number of hydrogen-bond donors (Lipinski definition) is 2. The first-order chi connectivity index (χ1) is 9.49. The van der Waals surface area contributed by atoms with Crippen molar-refractivity contribution in [3.63, 3.8) is 0 Å². The number of amides is 1. The van der Waals surface area contributed by atoms with E-state index in [2.05, 4.69) is 31.1 Å². The Morgan fingerprint density at radius 2 is 2.15 bits per heavy atom. The van der Waals surface area contributed by atoms with E-state index in [1.54, 1.807) is 13.1 Å². The first-order valence-corrected chi connectivity index (χ1v) is 7.11. The number of aromatic nitrogens is 1. The molecule has 0 unspecified atom stereocenters. The van der Waals surface area contributed by atoms with Crippen LogP contribution in [0.5, 0.6) is 0 Å². The predicted molar refractivity (Wildman–Crippen MR) is 81.2 cm³/mol. The van der Waals surface area contributed by atoms with E-state index in [0.717, 1.165) is 24.5 Å². The highest BCUT2D eigenvalue weighted by molar-refractivity contribution is 5.94. The Kier molecular flexibility index (Phi) is 6.45. The average Bonchev–Trinajstić information content (AvgIpc) is 2.44. The number of aliphatic hydroxyl groups excluding tert-OH is 1. The average molecular weight is 279 g/mol. The van der Waals surface area contributed by atoms with Gasteiger partial charge in [0, 0.05) is 31.4 Å². The molecule has 0 aliphatic carbocycles. The summed E-state index contributed by atoms with van der Waals surface area (Å²) in [6, 6.07) is 3.61. The number of carbonyl (C=O) groups is 1. The Morgan fingerprint density at radius 3 is 2.70 bits per heavy atom. The molecular formula is C15H25N3O2. The molecule has 112 valence electrons. The second kappa shape index (κ2) is 7.85. The van der Waals surface area contributed by atoms with Gasteiger partial charge in [-0.1, -0.05) is 20.8 Å². The van der Waals surface area contributed by atoms with Crippen molar-refractivity contribution in [3.05, 3.63) is 23.4 Å². The van der Waals surface area contributed by atoms with E-state index >= 15 is 0 Å². The van der Waals surface area contributed by atoms with Crippen LogP contribution in [-0.4, -0.2) is 47.6 Å². The molecule has 1 heterocycles. The first kappa shape index (κ1) is 16.4. The zero-order valence-corrected chi connectivity index (χ0v) is 12.8. The standard InChI is InChI=1S/C15H25N3O2/c1-5-6-16-14-10-12(9-13(17-14)11(2)3)15(20)18(4)7-8-19/h9-11,19H,5-8H2,1-4H3,(H,16,17). The van der Waals surface area contributed by atoms with E-state index in [4.69, 9.17) is 5.11 Å². The topological polar surface area (TPSA) is 65.5 Å². The number of carbonyl (C=O) groups excluding carboxylic acids is 1. The summed E-state index contributed by atoms with van der Waals surface area (Å²) in [5, 5.41) is 12.2. The summed E-state index contributed by atoms with van der Waals surface area (Å²) in [7, 11) is 1.69. The maximum atomic E-state index is 12.3. The summed E-state index contributed by atoms with van der Waals surface area (Å²) in [5.74, 6) is 0.898. The largest absolute Gasteiger partial charge is 0.395 e. The van der Waals surface area contributed by atoms with Gasteiger partial charge in [-0.3, -0.25) is 4.79 Å². The summed E-state index contributed by atoms with van der Waals surface area (Å²) in [4.78, 5) is 18.3. The molecule has 0 radical (unpaired) electrons. The second-order valence-corrected chi connectivity index (χ2v) is 5.20. The third-order valence-corrected chi connectivity index (χ3v) is 3.02. The quantitative estimate of drug-likeness (QED) is 0.802. The number of rotatable bonds is 7. The molecule has 0 aliphatic heterocycles. The lowest BCUT2D eigenvalue weighted by atomic mass is 10.1. The van der Waals surface area contributed by atoms with Crippen LogP contribution in [0, 0.1) is 0 Å². The lowest BCUT2D eigenvalue weighted by Crippen LogP contribution is -2.29. The fourth-order valence-electron chi connectivity index (χ4n) is 1.79. The molecule has 5 nitrogen and oxygen atoms in total. The van der Waals surface area contributed by atoms with Gasteiger partial charge in [0.25, 0.3) is 5.91 Å². The van der Waals surface area contributed by atoms with Crippen molar-refractivity contribution in [2.75, 3.05) is 32.1 Å². The summed E-state index contributed by atoms with van der Waals surface area (Å²) in [5.41, 5.74) is 1.50. The molecule has 0 aliphatic rings. The van der Waals surface area contributed by atoms with Gasteiger partial charge in [-0.15, -0.1) is 0 Å². The fourth-order valence-corrected chi connectivity index (χ4v) is 1.79. The van der Waals surface area contributed by atoms with Gasteiger partial charge in [0.05, 0.1) is 6.61 Å². The Bertz CT molecular complexity index is 447. The molecule has 1 aromatic rings. The van der Waals surface area contributed by atoms with Crippen LogP contribution in [0.1, 0.15) is 49.2 Å². The first-order valence-electron chi connectivity index (χ1n) is 7.11. The van der Waals surface area contributed by atoms with Crippen molar-refractivity contribution < 1.29 is 9.90 Å². The summed E-state index contributed by atoms with van der Waals surface area (Å²) >= 11 is 0. The lowest BCUT2D eigenvalue weighted by Gasteiger charge is -2.18. The summed E-state index contributed by atoms with van der Waals surface area (Å²) in [6.45, 7) is 7.31. The van der Waals surface area contributed by atoms with E-state index in [9.17, 15) is 4.79 Å². The molecule has 0 saturated heterocycles. The molecule has 1 rings (SSSR count). The highest BCUT2D eigenvalue weighted by atomic mass is 16.3. The minimum Gasteiger partial charge on any atom is -0.395 e. The molecule has 0 fully saturated rings. The van der Waals surface area contributed by atoms with Crippen LogP contribution in [0.15, 0.2) is 12.1 Å². The van der Waals surface area contributed by atoms with Gasteiger partial charge in [0.2, 0.25) is 0 Å². The monoisotopic (exact) mass is 279 g/mol. The number of nitrogens with zero attached hydrogens (tertiary/aromatic N) is 2. The lowest BCUT2D eigenvalue weighted by molar-refractivity contribution is 0.0767. The van der Waals surface area contributed by atoms with Crippen LogP contribution in [0.4, 0.5) is 5.82 Å². The van der Waals surface area contributed by atoms with Crippen LogP contribution in [0.25, 0.3) is 0 Å². The van der Waals surface area contributed by atoms with Gasteiger partial charge < -0.3 is 15.3 Å². The van der Waals surface area contributed by atoms with Crippen molar-refractivity contribution in [3.8, 4) is 0 Å². The molecule has 1 amide bonds. The van der Waals surface area contributed by atoms with Crippen LogP contribution >= 0.6 is 0 Å². The number of hydrogen-bond acceptors (Lipinski definition) is 4. The van der Waals surface area contributed by atoms with E-state index < -0.39 is 0 Å². The maximum absolute atomic E-state index is 12.3. The summed E-state index contributed by atoms with van der Waals surface area (Å²) < 4.78 is 0. The minimum atomic E-state index is -0.0945. The Morgan fingerprint density at radius 1 is 1.45 bits per heavy atom. The molecule has 20 heavy (non-hydrogen) atoms. The molecule has 5 heteroatoms. The van der Waals surface area contributed by atoms with E-state index in [0.29, 0.717) is 12.1 Å². The Hall–Kier alpha value is -1.62. The molecule has 0 atom stereocenters. The van der Waals surface area contributed by atoms with Gasteiger partial charge in [0.15, 0.2) is 0 Å². The maximum Gasteiger partial charge on any atom is 0.253 e. The molecule has 0 saturated carbocycles. The van der Waals surface area contributed by atoms with Gasteiger partial charge >= 0.3 is 0 Å². The van der Waals surface area contributed by atoms with E-state index in [1.807, 2.05) is 6.07 Å². The highest BCUT2D eigenvalue weighted by Crippen LogP contribution is 2.18. The Balaban J connectivity index is 3.04. The second-order valence-electron chi connectivity index (χ2n) is 5.20. The van der Waals surface area contributed by atoms with Crippen molar-refractivity contribution in [2.45, 2.75) is 33.1 Å². The predicted octanol–water partition coefficient (Wildman–Crippen LogP) is 2.09. The molecule has 0 bridgehead atoms. The minimum absolute atomic E-state index is 0.0364. The number of anilines is 1. The van der Waals surface area contributed by atoms with Crippen molar-refractivity contribution in [1.29, 1.82) is 0 Å². The SMILES string of the molecule is CCCNc1cc(C(=O)N(C)CCO)cc(C(C)C)n1. The van der Waals surface area contributed by atoms with Crippen molar-refractivity contribution >= 4 is 11.7 Å². The van der Waals surface area contributed by atoms with E-state index in [1.165, 1.54) is 4.90 Å². The Labute approximate surface area is 121 Å². The number of nitrogens with one attached hydrogen (secondary N) is 1. The third kappa shape index (κ3) is 4.49. The van der Waals surface area contributed by atoms with Gasteiger partial charge in [-0.2, -0.15) is 0 Å². The fraction of sp³-hybridized carbons (Fsp3) is 0.600. The van der Waals surface area contributed by atoms with Gasteiger partial charge in [0.1, 0.15) is 5.82 Å². The zero-order chi connectivity index (χ0) is 15.1. The van der Waals surface area contributed by atoms with Crippen LogP contribution < -0.4 is 5.32 Å². The van der Waals surface area contributed by atoms with Crippen LogP contribution in [0.3, 0.4) is 0 Å². The number of likely N-dealkylation sites (N-methyl/N-ethyl adjacent to an activating group) is 1. The zero-order valence-electron chi connectivity index (χ0n) is 12.8. The van der Waals surface area contributed by atoms with E-state index in [-0.39, 0.29) is 18.4 Å². The van der Waals surface area contributed by atoms with Crippen molar-refractivity contribution in [1.82, 2.24) is 9.88 Å². The number of pyridine rings is 1. The molecule has 1 aromatic heterocycles.